The smallest absolute Gasteiger partial charge is 0.190 e. The number of thioether (sulfide) groups is 1. The fraction of sp³-hybridized carbons (Fsp3) is 0.500. The van der Waals surface area contributed by atoms with Crippen molar-refractivity contribution in [2.45, 2.75) is 25.0 Å². The van der Waals surface area contributed by atoms with Crippen LogP contribution in [0, 0.1) is 0 Å². The van der Waals surface area contributed by atoms with Crippen molar-refractivity contribution < 1.29 is 0 Å². The van der Waals surface area contributed by atoms with Gasteiger partial charge in [0.05, 0.1) is 6.04 Å². The Morgan fingerprint density at radius 3 is 2.67 bits per heavy atom. The molecule has 0 fully saturated rings. The quantitative estimate of drug-likeness (QED) is 0.460. The first-order valence-electron chi connectivity index (χ1n) is 4.46. The second kappa shape index (κ2) is 3.94. The van der Waals surface area contributed by atoms with Gasteiger partial charge in [-0.25, -0.2) is 14.6 Å². The first kappa shape index (κ1) is 10.6. The normalized spacial score (nSPS) is 11.5. The molecule has 2 heterocycles. The van der Waals surface area contributed by atoms with E-state index in [1.807, 2.05) is 20.1 Å². The second-order valence-electron chi connectivity index (χ2n) is 3.30. The van der Waals surface area contributed by atoms with E-state index in [0.29, 0.717) is 21.5 Å². The highest BCUT2D eigenvalue weighted by Gasteiger charge is 2.14. The van der Waals surface area contributed by atoms with Crippen LogP contribution in [-0.4, -0.2) is 31.2 Å². The maximum Gasteiger partial charge on any atom is 0.190 e. The topological polar surface area (TPSA) is 56.5 Å². The van der Waals surface area contributed by atoms with Crippen molar-refractivity contribution in [2.75, 3.05) is 6.26 Å². The Bertz CT molecular complexity index is 495. The Balaban J connectivity index is 2.72. The van der Waals surface area contributed by atoms with Crippen LogP contribution in [0.2, 0.25) is 5.15 Å². The summed E-state index contributed by atoms with van der Waals surface area (Å²) in [6, 6.07) is 0.204. The number of halogens is 1. The average molecular weight is 244 g/mol. The summed E-state index contributed by atoms with van der Waals surface area (Å²) in [6.45, 7) is 4.03. The molecule has 0 radical (unpaired) electrons. The first-order valence-corrected chi connectivity index (χ1v) is 6.06. The lowest BCUT2D eigenvalue weighted by atomic mass is 10.4. The number of aromatic nitrogens is 5. The molecule has 2 aromatic heterocycles. The molecule has 2 rings (SSSR count). The second-order valence-corrected chi connectivity index (χ2v) is 4.43. The molecular formula is C8H10ClN5S. The fourth-order valence-electron chi connectivity index (χ4n) is 1.22. The summed E-state index contributed by atoms with van der Waals surface area (Å²) >= 11 is 7.42. The molecule has 15 heavy (non-hydrogen) atoms. The van der Waals surface area contributed by atoms with Crippen LogP contribution in [0.15, 0.2) is 5.16 Å². The third-order valence-electron chi connectivity index (χ3n) is 1.93. The highest BCUT2D eigenvalue weighted by atomic mass is 35.5. The van der Waals surface area contributed by atoms with E-state index in [2.05, 4.69) is 20.3 Å². The van der Waals surface area contributed by atoms with Crippen LogP contribution in [-0.2, 0) is 0 Å². The molecule has 0 bridgehead atoms. The fourth-order valence-corrected chi connectivity index (χ4v) is 1.83. The third kappa shape index (κ3) is 1.79. The summed E-state index contributed by atoms with van der Waals surface area (Å²) in [5.74, 6) is 0. The van der Waals surface area contributed by atoms with Crippen LogP contribution in [0.4, 0.5) is 0 Å². The third-order valence-corrected chi connectivity index (χ3v) is 2.74. The van der Waals surface area contributed by atoms with Gasteiger partial charge >= 0.3 is 0 Å². The number of hydrogen-bond donors (Lipinski definition) is 0. The molecule has 0 aromatic carbocycles. The lowest BCUT2D eigenvalue weighted by Crippen LogP contribution is -2.04. The molecule has 0 N–H and O–H groups in total. The first-order chi connectivity index (χ1) is 7.13. The number of nitrogens with zero attached hydrogens (tertiary/aromatic N) is 5. The minimum Gasteiger partial charge on any atom is -0.224 e. The van der Waals surface area contributed by atoms with Crippen LogP contribution < -0.4 is 0 Å². The van der Waals surface area contributed by atoms with E-state index in [4.69, 9.17) is 11.6 Å². The van der Waals surface area contributed by atoms with E-state index in [0.717, 1.165) is 0 Å². The van der Waals surface area contributed by atoms with Crippen molar-refractivity contribution in [3.8, 4) is 0 Å². The zero-order chi connectivity index (χ0) is 11.0. The zero-order valence-electron chi connectivity index (χ0n) is 8.60. The van der Waals surface area contributed by atoms with Gasteiger partial charge in [0.15, 0.2) is 21.5 Å². The summed E-state index contributed by atoms with van der Waals surface area (Å²) in [5.41, 5.74) is 1.25. The van der Waals surface area contributed by atoms with Crippen LogP contribution in [0.3, 0.4) is 0 Å². The molecule has 0 saturated carbocycles. The Morgan fingerprint density at radius 1 is 1.33 bits per heavy atom. The summed E-state index contributed by atoms with van der Waals surface area (Å²) in [7, 11) is 0. The van der Waals surface area contributed by atoms with E-state index >= 15 is 0 Å². The Labute approximate surface area is 96.2 Å². The number of rotatable bonds is 2. The van der Waals surface area contributed by atoms with Gasteiger partial charge < -0.3 is 0 Å². The van der Waals surface area contributed by atoms with Crippen LogP contribution in [0.25, 0.3) is 11.2 Å². The van der Waals surface area contributed by atoms with E-state index in [1.165, 1.54) is 11.8 Å². The molecule has 0 aliphatic carbocycles. The molecule has 5 nitrogen and oxygen atoms in total. The van der Waals surface area contributed by atoms with E-state index in [-0.39, 0.29) is 6.04 Å². The Hall–Kier alpha value is -0.880. The van der Waals surface area contributed by atoms with Crippen LogP contribution in [0.5, 0.6) is 0 Å². The minimum atomic E-state index is 0.204. The molecule has 0 aliphatic heterocycles. The van der Waals surface area contributed by atoms with E-state index in [9.17, 15) is 0 Å². The average Bonchev–Trinajstić information content (AvgIpc) is 2.61. The number of hydrogen-bond acceptors (Lipinski definition) is 5. The van der Waals surface area contributed by atoms with E-state index in [1.54, 1.807) is 4.68 Å². The molecule has 0 amide bonds. The molecule has 0 aliphatic rings. The molecule has 2 aromatic rings. The standard InChI is InChI=1S/C8H10ClN5S/c1-4(2)14-7-5(12-13-14)6(9)10-8(11-7)15-3/h4H,1-3H3. The van der Waals surface area contributed by atoms with Crippen molar-refractivity contribution in [1.29, 1.82) is 0 Å². The van der Waals surface area contributed by atoms with Crippen molar-refractivity contribution in [3.63, 3.8) is 0 Å². The van der Waals surface area contributed by atoms with Crippen molar-refractivity contribution in [2.24, 2.45) is 0 Å². The van der Waals surface area contributed by atoms with Gasteiger partial charge in [0.25, 0.3) is 0 Å². The van der Waals surface area contributed by atoms with Gasteiger partial charge in [-0.05, 0) is 20.1 Å². The van der Waals surface area contributed by atoms with Gasteiger partial charge in [-0.2, -0.15) is 0 Å². The molecule has 80 valence electrons. The SMILES string of the molecule is CSc1nc(Cl)c2nnn(C(C)C)c2n1. The van der Waals surface area contributed by atoms with E-state index < -0.39 is 0 Å². The lowest BCUT2D eigenvalue weighted by molar-refractivity contribution is 0.525. The predicted octanol–water partition coefficient (Wildman–Crippen LogP) is 2.18. The maximum absolute atomic E-state index is 5.98. The van der Waals surface area contributed by atoms with Crippen molar-refractivity contribution in [3.05, 3.63) is 5.15 Å². The van der Waals surface area contributed by atoms with Crippen LogP contribution >= 0.6 is 23.4 Å². The van der Waals surface area contributed by atoms with Crippen molar-refractivity contribution in [1.82, 2.24) is 25.0 Å². The van der Waals surface area contributed by atoms with Gasteiger partial charge in [0, 0.05) is 0 Å². The minimum absolute atomic E-state index is 0.204. The summed E-state index contributed by atoms with van der Waals surface area (Å²) in [6.07, 6.45) is 1.90. The molecule has 0 atom stereocenters. The molecule has 0 spiro atoms. The summed E-state index contributed by atoms with van der Waals surface area (Å²) in [4.78, 5) is 8.44. The predicted molar refractivity (Wildman–Crippen MR) is 60.3 cm³/mol. The molecule has 0 saturated heterocycles. The molecule has 7 heteroatoms. The maximum atomic E-state index is 5.98. The largest absolute Gasteiger partial charge is 0.224 e. The van der Waals surface area contributed by atoms with Crippen LogP contribution in [0.1, 0.15) is 19.9 Å². The highest BCUT2D eigenvalue weighted by molar-refractivity contribution is 7.98. The molecule has 0 unspecified atom stereocenters. The monoisotopic (exact) mass is 243 g/mol. The summed E-state index contributed by atoms with van der Waals surface area (Å²) < 4.78 is 1.74. The van der Waals surface area contributed by atoms with Crippen molar-refractivity contribution >= 4 is 34.5 Å². The Morgan fingerprint density at radius 2 is 2.07 bits per heavy atom. The van der Waals surface area contributed by atoms with Gasteiger partial charge in [-0.3, -0.25) is 0 Å². The summed E-state index contributed by atoms with van der Waals surface area (Å²) in [5, 5.41) is 8.96. The lowest BCUT2D eigenvalue weighted by Gasteiger charge is -2.04. The Kier molecular flexibility index (Phi) is 2.79. The zero-order valence-corrected chi connectivity index (χ0v) is 10.2. The number of fused-ring (bicyclic) bond motifs is 1. The molecular weight excluding hydrogens is 234 g/mol. The van der Waals surface area contributed by atoms with Gasteiger partial charge in [-0.15, -0.1) is 5.10 Å². The van der Waals surface area contributed by atoms with Gasteiger partial charge in [0.1, 0.15) is 0 Å². The van der Waals surface area contributed by atoms with Gasteiger partial charge in [-0.1, -0.05) is 28.6 Å². The van der Waals surface area contributed by atoms with Gasteiger partial charge in [0.2, 0.25) is 0 Å². The highest BCUT2D eigenvalue weighted by Crippen LogP contribution is 2.22.